The number of hydrogen-bond donors (Lipinski definition) is 3. The molecule has 2 rings (SSSR count). The number of rotatable bonds is 5. The van der Waals surface area contributed by atoms with Crippen molar-refractivity contribution in [3.63, 3.8) is 0 Å². The first kappa shape index (κ1) is 24.1. The lowest BCUT2D eigenvalue weighted by Crippen LogP contribution is -2.54. The number of halogens is 3. The Bertz CT molecular complexity index is 896. The van der Waals surface area contributed by atoms with Crippen LogP contribution in [0.4, 0.5) is 24.5 Å². The van der Waals surface area contributed by atoms with Crippen molar-refractivity contribution in [1.82, 2.24) is 5.32 Å². The average Bonchev–Trinajstić information content (AvgIpc) is 2.64. The molecule has 9 nitrogen and oxygen atoms in total. The first-order valence-electron chi connectivity index (χ1n) is 9.22. The number of hydrogen-bond acceptors (Lipinski definition) is 5. The van der Waals surface area contributed by atoms with E-state index in [1.165, 1.54) is 26.8 Å². The van der Waals surface area contributed by atoms with Gasteiger partial charge in [0.05, 0.1) is 17.9 Å². The van der Waals surface area contributed by atoms with E-state index in [2.05, 4.69) is 5.32 Å². The van der Waals surface area contributed by atoms with Crippen LogP contribution in [0, 0.1) is 5.41 Å². The molecule has 0 saturated carbocycles. The van der Waals surface area contributed by atoms with E-state index in [1.807, 2.05) is 5.32 Å². The molecule has 0 spiro atoms. The maximum absolute atomic E-state index is 13.6. The molecule has 1 saturated heterocycles. The fraction of sp³-hybridized carbons (Fsp3) is 0.474. The smallest absolute Gasteiger partial charge is 0.370 e. The van der Waals surface area contributed by atoms with Gasteiger partial charge in [0.15, 0.2) is 6.04 Å². The minimum atomic E-state index is -4.88. The first-order chi connectivity index (χ1) is 14.2. The van der Waals surface area contributed by atoms with Crippen molar-refractivity contribution < 1.29 is 37.1 Å². The van der Waals surface area contributed by atoms with Crippen LogP contribution in [0.25, 0.3) is 0 Å². The van der Waals surface area contributed by atoms with Crippen LogP contribution in [-0.4, -0.2) is 49.4 Å². The van der Waals surface area contributed by atoms with Gasteiger partial charge >= 0.3 is 6.18 Å². The molecule has 1 atom stereocenters. The third-order valence-corrected chi connectivity index (χ3v) is 4.37. The Morgan fingerprint density at radius 3 is 2.35 bits per heavy atom. The molecule has 1 fully saturated rings. The van der Waals surface area contributed by atoms with Crippen LogP contribution in [-0.2, 0) is 30.1 Å². The van der Waals surface area contributed by atoms with Crippen LogP contribution in [0.1, 0.15) is 26.3 Å². The standard InChI is InChI=1S/C19H23F3N4O5/c1-18(2,3)17(30)25-14(15(23)28)16(29)24-12-5-4-10(8-11(12)19(20,21)22)26-6-7-31-9-13(26)27/h4-5,8,14H,6-7,9H2,1-3H3,(H2,23,28)(H,24,29)(H,25,30)/t14-/m0/s1. The summed E-state index contributed by atoms with van der Waals surface area (Å²) in [7, 11) is 0. The lowest BCUT2D eigenvalue weighted by Gasteiger charge is -2.28. The molecule has 1 aromatic carbocycles. The van der Waals surface area contributed by atoms with E-state index in [-0.39, 0.29) is 25.4 Å². The van der Waals surface area contributed by atoms with Gasteiger partial charge in [0.1, 0.15) is 6.61 Å². The largest absolute Gasteiger partial charge is 0.418 e. The van der Waals surface area contributed by atoms with Crippen molar-refractivity contribution in [1.29, 1.82) is 0 Å². The summed E-state index contributed by atoms with van der Waals surface area (Å²) in [4.78, 5) is 49.3. The number of nitrogens with two attached hydrogens (primary N) is 1. The van der Waals surface area contributed by atoms with Crippen molar-refractivity contribution >= 4 is 35.0 Å². The van der Waals surface area contributed by atoms with Crippen LogP contribution in [0.3, 0.4) is 0 Å². The summed E-state index contributed by atoms with van der Waals surface area (Å²) in [6.07, 6.45) is -4.88. The Morgan fingerprint density at radius 2 is 1.84 bits per heavy atom. The highest BCUT2D eigenvalue weighted by atomic mass is 19.4. The Kier molecular flexibility index (Phi) is 6.94. The van der Waals surface area contributed by atoms with Gasteiger partial charge in [-0.2, -0.15) is 13.2 Å². The van der Waals surface area contributed by atoms with Gasteiger partial charge in [-0.05, 0) is 18.2 Å². The summed E-state index contributed by atoms with van der Waals surface area (Å²) >= 11 is 0. The molecule has 1 aromatic rings. The second kappa shape index (κ2) is 8.92. The zero-order valence-electron chi connectivity index (χ0n) is 17.1. The number of carbonyl (C=O) groups excluding carboxylic acids is 4. The van der Waals surface area contributed by atoms with Crippen molar-refractivity contribution in [2.24, 2.45) is 11.1 Å². The molecule has 170 valence electrons. The molecule has 4 amide bonds. The minimum Gasteiger partial charge on any atom is -0.370 e. The third-order valence-electron chi connectivity index (χ3n) is 4.37. The molecule has 31 heavy (non-hydrogen) atoms. The third kappa shape index (κ3) is 5.94. The van der Waals surface area contributed by atoms with Crippen molar-refractivity contribution in [2.45, 2.75) is 33.0 Å². The molecular formula is C19H23F3N4O5. The quantitative estimate of drug-likeness (QED) is 0.584. The minimum absolute atomic E-state index is 0.0221. The van der Waals surface area contributed by atoms with E-state index in [1.54, 1.807) is 0 Å². The summed E-state index contributed by atoms with van der Waals surface area (Å²) in [5, 5.41) is 4.12. The summed E-state index contributed by atoms with van der Waals surface area (Å²) in [5.41, 5.74) is 2.27. The molecular weight excluding hydrogens is 421 g/mol. The van der Waals surface area contributed by atoms with Gasteiger partial charge in [-0.3, -0.25) is 19.2 Å². The number of carbonyl (C=O) groups is 4. The van der Waals surface area contributed by atoms with E-state index >= 15 is 0 Å². The van der Waals surface area contributed by atoms with Gasteiger partial charge in [-0.15, -0.1) is 0 Å². The number of morpholine rings is 1. The number of primary amides is 1. The van der Waals surface area contributed by atoms with E-state index in [4.69, 9.17) is 10.5 Å². The van der Waals surface area contributed by atoms with Gasteiger partial charge in [0.25, 0.3) is 11.8 Å². The normalized spacial score (nSPS) is 15.9. The second-order valence-corrected chi connectivity index (χ2v) is 7.87. The Hall–Kier alpha value is -3.15. The fourth-order valence-corrected chi connectivity index (χ4v) is 2.65. The maximum Gasteiger partial charge on any atom is 0.418 e. The number of ether oxygens (including phenoxy) is 1. The number of amides is 4. The second-order valence-electron chi connectivity index (χ2n) is 7.87. The van der Waals surface area contributed by atoms with Gasteiger partial charge in [-0.25, -0.2) is 0 Å². The Balaban J connectivity index is 2.33. The van der Waals surface area contributed by atoms with Gasteiger partial charge in [-0.1, -0.05) is 20.8 Å². The fourth-order valence-electron chi connectivity index (χ4n) is 2.65. The number of nitrogens with zero attached hydrogens (tertiary/aromatic N) is 1. The molecule has 0 bridgehead atoms. The summed E-state index contributed by atoms with van der Waals surface area (Å²) in [6.45, 7) is 4.54. The highest BCUT2D eigenvalue weighted by molar-refractivity contribution is 6.12. The zero-order chi connectivity index (χ0) is 23.6. The van der Waals surface area contributed by atoms with E-state index in [9.17, 15) is 32.3 Å². The van der Waals surface area contributed by atoms with Crippen LogP contribution in [0.2, 0.25) is 0 Å². The summed E-state index contributed by atoms with van der Waals surface area (Å²) < 4.78 is 45.8. The number of anilines is 2. The highest BCUT2D eigenvalue weighted by Gasteiger charge is 2.37. The van der Waals surface area contributed by atoms with Crippen LogP contribution >= 0.6 is 0 Å². The van der Waals surface area contributed by atoms with E-state index in [0.717, 1.165) is 11.0 Å². The first-order valence-corrected chi connectivity index (χ1v) is 9.22. The summed E-state index contributed by atoms with van der Waals surface area (Å²) in [6, 6.07) is 1.02. The molecule has 12 heteroatoms. The number of alkyl halides is 3. The molecule has 4 N–H and O–H groups in total. The number of nitrogens with one attached hydrogen (secondary N) is 2. The molecule has 0 radical (unpaired) electrons. The van der Waals surface area contributed by atoms with E-state index < -0.39 is 52.5 Å². The lowest BCUT2D eigenvalue weighted by atomic mass is 9.95. The number of benzene rings is 1. The highest BCUT2D eigenvalue weighted by Crippen LogP contribution is 2.37. The predicted octanol–water partition coefficient (Wildman–Crippen LogP) is 1.02. The molecule has 1 aliphatic heterocycles. The van der Waals surface area contributed by atoms with Gasteiger partial charge < -0.3 is 26.0 Å². The lowest BCUT2D eigenvalue weighted by molar-refractivity contribution is -0.137. The van der Waals surface area contributed by atoms with Crippen molar-refractivity contribution in [3.05, 3.63) is 23.8 Å². The predicted molar refractivity (Wildman–Crippen MR) is 104 cm³/mol. The molecule has 0 aliphatic carbocycles. The van der Waals surface area contributed by atoms with E-state index in [0.29, 0.717) is 6.07 Å². The van der Waals surface area contributed by atoms with Gasteiger partial charge in [0, 0.05) is 17.6 Å². The molecule has 1 heterocycles. The summed E-state index contributed by atoms with van der Waals surface area (Å²) in [5.74, 6) is -3.66. The maximum atomic E-state index is 13.6. The van der Waals surface area contributed by atoms with Gasteiger partial charge in [0.2, 0.25) is 11.8 Å². The van der Waals surface area contributed by atoms with Crippen LogP contribution in [0.15, 0.2) is 18.2 Å². The topological polar surface area (TPSA) is 131 Å². The Morgan fingerprint density at radius 1 is 1.19 bits per heavy atom. The zero-order valence-corrected chi connectivity index (χ0v) is 17.1. The van der Waals surface area contributed by atoms with Crippen LogP contribution < -0.4 is 21.3 Å². The van der Waals surface area contributed by atoms with Crippen molar-refractivity contribution in [3.8, 4) is 0 Å². The van der Waals surface area contributed by atoms with Crippen molar-refractivity contribution in [2.75, 3.05) is 30.0 Å². The average molecular weight is 444 g/mol. The van der Waals surface area contributed by atoms with Crippen LogP contribution in [0.5, 0.6) is 0 Å². The monoisotopic (exact) mass is 444 g/mol. The molecule has 0 aromatic heterocycles. The molecule has 1 aliphatic rings. The SMILES string of the molecule is CC(C)(C)C(=O)N[C@@H](C(N)=O)C(=O)Nc1ccc(N2CCOCC2=O)cc1C(F)(F)F. The molecule has 0 unspecified atom stereocenters. The Labute approximate surface area is 176 Å².